The van der Waals surface area contributed by atoms with E-state index in [1.54, 1.807) is 36.7 Å². The van der Waals surface area contributed by atoms with Gasteiger partial charge in [0.25, 0.3) is 0 Å². The smallest absolute Gasteiger partial charge is 0.231 e. The number of anilines is 1. The fourth-order valence-corrected chi connectivity index (χ4v) is 2.96. The van der Waals surface area contributed by atoms with E-state index in [0.29, 0.717) is 23.2 Å². The number of hydrogen-bond acceptors (Lipinski definition) is 5. The van der Waals surface area contributed by atoms with Crippen LogP contribution in [0.5, 0.6) is 11.5 Å². The summed E-state index contributed by atoms with van der Waals surface area (Å²) < 4.78 is 10.7. The van der Waals surface area contributed by atoms with Crippen LogP contribution in [-0.4, -0.2) is 17.6 Å². The highest BCUT2D eigenvalue weighted by Crippen LogP contribution is 2.32. The van der Waals surface area contributed by atoms with Gasteiger partial charge in [0.15, 0.2) is 17.3 Å². The van der Waals surface area contributed by atoms with Crippen LogP contribution >= 0.6 is 0 Å². The van der Waals surface area contributed by atoms with Crippen molar-refractivity contribution in [2.75, 3.05) is 12.5 Å². The van der Waals surface area contributed by atoms with Crippen LogP contribution in [0.3, 0.4) is 0 Å². The Morgan fingerprint density at radius 1 is 1.11 bits per heavy atom. The van der Waals surface area contributed by atoms with Gasteiger partial charge in [-0.3, -0.25) is 9.78 Å². The zero-order valence-electron chi connectivity index (χ0n) is 14.6. The average Bonchev–Trinajstić information content (AvgIpc) is 3.17. The molecule has 0 saturated carbocycles. The molecule has 1 aliphatic heterocycles. The van der Waals surface area contributed by atoms with Crippen LogP contribution in [0.15, 0.2) is 67.0 Å². The number of fused-ring (bicyclic) bond motifs is 1. The molecule has 2 aromatic carbocycles. The highest BCUT2D eigenvalue weighted by atomic mass is 16.7. The highest BCUT2D eigenvalue weighted by molar-refractivity contribution is 6.11. The van der Waals surface area contributed by atoms with Crippen LogP contribution < -0.4 is 15.2 Å². The third kappa shape index (κ3) is 3.67. The molecule has 3 aromatic rings. The van der Waals surface area contributed by atoms with Gasteiger partial charge in [0.1, 0.15) is 0 Å². The number of nitrogen functional groups attached to an aromatic ring is 1. The number of ketones is 1. The number of rotatable bonds is 5. The van der Waals surface area contributed by atoms with Gasteiger partial charge in [0, 0.05) is 29.2 Å². The molecule has 0 aliphatic carbocycles. The lowest BCUT2D eigenvalue weighted by Crippen LogP contribution is -2.05. The molecule has 5 heteroatoms. The van der Waals surface area contributed by atoms with E-state index in [1.807, 2.05) is 36.4 Å². The molecule has 4 rings (SSSR count). The Labute approximate surface area is 157 Å². The first kappa shape index (κ1) is 16.8. The van der Waals surface area contributed by atoms with Crippen molar-refractivity contribution < 1.29 is 14.3 Å². The summed E-state index contributed by atoms with van der Waals surface area (Å²) in [7, 11) is 0. The number of aromatic nitrogens is 1. The van der Waals surface area contributed by atoms with Gasteiger partial charge in [-0.15, -0.1) is 0 Å². The minimum absolute atomic E-state index is 0.0990. The van der Waals surface area contributed by atoms with Gasteiger partial charge >= 0.3 is 0 Å². The monoisotopic (exact) mass is 358 g/mol. The minimum Gasteiger partial charge on any atom is -0.454 e. The maximum Gasteiger partial charge on any atom is 0.231 e. The van der Waals surface area contributed by atoms with E-state index in [1.165, 1.54) is 0 Å². The number of allylic oxidation sites excluding steroid dienone is 1. The summed E-state index contributed by atoms with van der Waals surface area (Å²) in [6, 6.07) is 14.7. The lowest BCUT2D eigenvalue weighted by atomic mass is 9.98. The Balaban J connectivity index is 1.57. The summed E-state index contributed by atoms with van der Waals surface area (Å²) in [6.07, 6.45) is 7.87. The lowest BCUT2D eigenvalue weighted by molar-refractivity contribution is 0.103. The molecule has 0 fully saturated rings. The van der Waals surface area contributed by atoms with Gasteiger partial charge in [-0.1, -0.05) is 24.3 Å². The van der Waals surface area contributed by atoms with Crippen LogP contribution in [0.1, 0.15) is 27.0 Å². The van der Waals surface area contributed by atoms with E-state index < -0.39 is 0 Å². The van der Waals surface area contributed by atoms with Crippen molar-refractivity contribution in [1.29, 1.82) is 0 Å². The number of pyridine rings is 1. The molecular formula is C22H18N2O3. The fraction of sp³-hybridized carbons (Fsp3) is 0.0909. The standard InChI is InChI=1S/C22H18N2O3/c23-18-8-7-16(19(12-18)22(25)17-5-2-10-24-13-17)4-1-3-15-6-9-20-21(11-15)27-14-26-20/h1-2,4-13H,3,14,23H2/b4-1+. The summed E-state index contributed by atoms with van der Waals surface area (Å²) in [5.74, 6) is 1.43. The zero-order chi connectivity index (χ0) is 18.6. The first-order valence-corrected chi connectivity index (χ1v) is 8.60. The summed E-state index contributed by atoms with van der Waals surface area (Å²) >= 11 is 0. The number of nitrogens with zero attached hydrogens (tertiary/aromatic N) is 1. The van der Waals surface area contributed by atoms with Crippen LogP contribution in [-0.2, 0) is 6.42 Å². The van der Waals surface area contributed by atoms with Crippen molar-refractivity contribution >= 4 is 17.5 Å². The Morgan fingerprint density at radius 2 is 2.00 bits per heavy atom. The van der Waals surface area contributed by atoms with E-state index in [9.17, 15) is 4.79 Å². The third-order valence-electron chi connectivity index (χ3n) is 4.33. The van der Waals surface area contributed by atoms with Gasteiger partial charge < -0.3 is 15.2 Å². The van der Waals surface area contributed by atoms with Gasteiger partial charge in [0.05, 0.1) is 0 Å². The van der Waals surface area contributed by atoms with Gasteiger partial charge in [-0.25, -0.2) is 0 Å². The Bertz CT molecular complexity index is 1010. The number of hydrogen-bond donors (Lipinski definition) is 1. The van der Waals surface area contributed by atoms with Gasteiger partial charge in [-0.05, 0) is 53.9 Å². The third-order valence-corrected chi connectivity index (χ3v) is 4.33. The van der Waals surface area contributed by atoms with Gasteiger partial charge in [-0.2, -0.15) is 0 Å². The van der Waals surface area contributed by atoms with E-state index in [4.69, 9.17) is 15.2 Å². The number of ether oxygens (including phenoxy) is 2. The summed E-state index contributed by atoms with van der Waals surface area (Å²) in [5.41, 5.74) is 9.47. The predicted octanol–water partition coefficient (Wildman–Crippen LogP) is 3.88. The number of carbonyl (C=O) groups excluding carboxylic acids is 1. The first-order chi connectivity index (χ1) is 13.2. The fourth-order valence-electron chi connectivity index (χ4n) is 2.96. The normalized spacial score (nSPS) is 12.4. The molecule has 2 heterocycles. The van der Waals surface area contributed by atoms with Gasteiger partial charge in [0.2, 0.25) is 6.79 Å². The number of nitrogens with two attached hydrogens (primary N) is 1. The molecule has 1 aromatic heterocycles. The maximum absolute atomic E-state index is 12.8. The van der Waals surface area contributed by atoms with Crippen molar-refractivity contribution in [3.8, 4) is 11.5 Å². The lowest BCUT2D eigenvalue weighted by Gasteiger charge is -2.07. The second kappa shape index (κ2) is 7.33. The largest absolute Gasteiger partial charge is 0.454 e. The van der Waals surface area contributed by atoms with E-state index in [0.717, 1.165) is 22.6 Å². The van der Waals surface area contributed by atoms with Crippen LogP contribution in [0, 0.1) is 0 Å². The molecular weight excluding hydrogens is 340 g/mol. The highest BCUT2D eigenvalue weighted by Gasteiger charge is 2.14. The Morgan fingerprint density at radius 3 is 2.85 bits per heavy atom. The van der Waals surface area contributed by atoms with E-state index in [-0.39, 0.29) is 12.6 Å². The average molecular weight is 358 g/mol. The molecule has 0 spiro atoms. The van der Waals surface area contributed by atoms with Crippen molar-refractivity contribution in [2.45, 2.75) is 6.42 Å². The SMILES string of the molecule is Nc1ccc(/C=C/Cc2ccc3c(c2)OCO3)c(C(=O)c2cccnc2)c1. The molecule has 134 valence electrons. The second-order valence-electron chi connectivity index (χ2n) is 6.21. The van der Waals surface area contributed by atoms with Crippen molar-refractivity contribution in [2.24, 2.45) is 0 Å². The molecule has 0 unspecified atom stereocenters. The molecule has 2 N–H and O–H groups in total. The molecule has 0 amide bonds. The summed E-state index contributed by atoms with van der Waals surface area (Å²) in [4.78, 5) is 16.8. The first-order valence-electron chi connectivity index (χ1n) is 8.60. The van der Waals surface area contributed by atoms with E-state index in [2.05, 4.69) is 4.98 Å². The molecule has 0 saturated heterocycles. The Hall–Kier alpha value is -3.60. The number of benzene rings is 2. The zero-order valence-corrected chi connectivity index (χ0v) is 14.6. The molecule has 0 radical (unpaired) electrons. The van der Waals surface area contributed by atoms with Crippen LogP contribution in [0.25, 0.3) is 6.08 Å². The molecule has 1 aliphatic rings. The molecule has 27 heavy (non-hydrogen) atoms. The molecule has 0 atom stereocenters. The predicted molar refractivity (Wildman–Crippen MR) is 104 cm³/mol. The maximum atomic E-state index is 12.8. The summed E-state index contributed by atoms with van der Waals surface area (Å²) in [5, 5.41) is 0. The van der Waals surface area contributed by atoms with Crippen molar-refractivity contribution in [3.05, 3.63) is 89.3 Å². The minimum atomic E-state index is -0.0990. The van der Waals surface area contributed by atoms with Crippen molar-refractivity contribution in [1.82, 2.24) is 4.98 Å². The van der Waals surface area contributed by atoms with Crippen LogP contribution in [0.4, 0.5) is 5.69 Å². The molecule has 5 nitrogen and oxygen atoms in total. The second-order valence-corrected chi connectivity index (χ2v) is 6.21. The number of carbonyl (C=O) groups is 1. The molecule has 0 bridgehead atoms. The Kier molecular flexibility index (Phi) is 4.58. The quantitative estimate of drug-likeness (QED) is 0.553. The van der Waals surface area contributed by atoms with E-state index >= 15 is 0 Å². The van der Waals surface area contributed by atoms with Crippen LogP contribution in [0.2, 0.25) is 0 Å². The topological polar surface area (TPSA) is 74.4 Å². The van der Waals surface area contributed by atoms with Crippen molar-refractivity contribution in [3.63, 3.8) is 0 Å². The summed E-state index contributed by atoms with van der Waals surface area (Å²) in [6.45, 7) is 0.264.